The van der Waals surface area contributed by atoms with Gasteiger partial charge in [0.25, 0.3) is 0 Å². The van der Waals surface area contributed by atoms with Crippen LogP contribution in [0.1, 0.15) is 47.5 Å². The fraction of sp³-hybridized carbons (Fsp3) is 0.923. The largest absolute Gasteiger partial charge is 0.444 e. The molecule has 0 aromatic carbocycles. The number of carbonyl (C=O) groups excluding carboxylic acids is 1. The molecule has 0 aliphatic carbocycles. The second-order valence-corrected chi connectivity index (χ2v) is 7.86. The quantitative estimate of drug-likeness (QED) is 0.726. The highest BCUT2D eigenvalue weighted by atomic mass is 31.2. The van der Waals surface area contributed by atoms with Crippen LogP contribution < -0.4 is 0 Å². The van der Waals surface area contributed by atoms with E-state index >= 15 is 0 Å². The van der Waals surface area contributed by atoms with Crippen molar-refractivity contribution < 1.29 is 23.1 Å². The van der Waals surface area contributed by atoms with Gasteiger partial charge in [-0.05, 0) is 47.5 Å². The Labute approximate surface area is 121 Å². The molecule has 1 unspecified atom stereocenters. The zero-order valence-electron chi connectivity index (χ0n) is 13.0. The number of rotatable bonds is 5. The third-order valence-corrected chi connectivity index (χ3v) is 5.34. The minimum Gasteiger partial charge on any atom is -0.444 e. The van der Waals surface area contributed by atoms with Crippen molar-refractivity contribution >= 4 is 13.7 Å². The van der Waals surface area contributed by atoms with Gasteiger partial charge in [-0.2, -0.15) is 0 Å². The second kappa shape index (κ2) is 6.92. The van der Waals surface area contributed by atoms with Crippen LogP contribution in [-0.2, 0) is 18.3 Å². The van der Waals surface area contributed by atoms with Crippen LogP contribution in [0.15, 0.2) is 0 Å². The molecular weight excluding hydrogens is 281 g/mol. The van der Waals surface area contributed by atoms with Gasteiger partial charge in [-0.1, -0.05) is 0 Å². The summed E-state index contributed by atoms with van der Waals surface area (Å²) in [6.07, 6.45) is 0.921. The lowest BCUT2D eigenvalue weighted by atomic mass is 10.2. The molecule has 0 radical (unpaired) electrons. The smallest absolute Gasteiger partial charge is 0.411 e. The van der Waals surface area contributed by atoms with Gasteiger partial charge in [-0.3, -0.25) is 9.46 Å². The summed E-state index contributed by atoms with van der Waals surface area (Å²) in [5.74, 6) is -0.544. The molecule has 118 valence electrons. The van der Waals surface area contributed by atoms with Crippen molar-refractivity contribution in [2.45, 2.75) is 58.8 Å². The summed E-state index contributed by atoms with van der Waals surface area (Å²) in [6, 6.07) is 0. The van der Waals surface area contributed by atoms with Gasteiger partial charge < -0.3 is 13.8 Å². The fourth-order valence-electron chi connectivity index (χ4n) is 2.18. The number of ether oxygens (including phenoxy) is 1. The standard InChI is InChI=1S/C13H26NO5P/c1-6-17-20(16,18-7-2)11-9-8-10-14(11)12(15)19-13(3,4)5/h11H,6-10H2,1-5H3. The maximum atomic E-state index is 12.8. The van der Waals surface area contributed by atoms with Crippen molar-refractivity contribution in [3.63, 3.8) is 0 Å². The lowest BCUT2D eigenvalue weighted by Gasteiger charge is -2.32. The first-order chi connectivity index (χ1) is 9.23. The number of amides is 1. The fourth-order valence-corrected chi connectivity index (χ4v) is 4.37. The van der Waals surface area contributed by atoms with Crippen LogP contribution in [0.3, 0.4) is 0 Å². The van der Waals surface area contributed by atoms with E-state index in [-0.39, 0.29) is 13.2 Å². The van der Waals surface area contributed by atoms with Gasteiger partial charge >= 0.3 is 13.7 Å². The molecule has 1 heterocycles. The van der Waals surface area contributed by atoms with Gasteiger partial charge in [0.05, 0.1) is 13.2 Å². The first kappa shape index (κ1) is 17.5. The molecule has 0 N–H and O–H groups in total. The van der Waals surface area contributed by atoms with E-state index in [0.29, 0.717) is 13.0 Å². The molecule has 6 nitrogen and oxygen atoms in total. The third-order valence-electron chi connectivity index (χ3n) is 2.83. The van der Waals surface area contributed by atoms with Gasteiger partial charge in [0.2, 0.25) is 0 Å². The van der Waals surface area contributed by atoms with Crippen molar-refractivity contribution in [2.75, 3.05) is 19.8 Å². The van der Waals surface area contributed by atoms with Crippen LogP contribution in [0.2, 0.25) is 0 Å². The highest BCUT2D eigenvalue weighted by molar-refractivity contribution is 7.54. The Kier molecular flexibility index (Phi) is 6.05. The Morgan fingerprint density at radius 2 is 1.80 bits per heavy atom. The average Bonchev–Trinajstić information content (AvgIpc) is 2.76. The van der Waals surface area contributed by atoms with Crippen molar-refractivity contribution in [1.82, 2.24) is 4.90 Å². The molecule has 0 aromatic rings. The number of likely N-dealkylation sites (tertiary alicyclic amines) is 1. The van der Waals surface area contributed by atoms with Crippen molar-refractivity contribution in [3.05, 3.63) is 0 Å². The number of hydrogen-bond donors (Lipinski definition) is 0. The summed E-state index contributed by atoms with van der Waals surface area (Å²) < 4.78 is 28.9. The van der Waals surface area contributed by atoms with Gasteiger partial charge in [-0.25, -0.2) is 4.79 Å². The predicted molar refractivity (Wildman–Crippen MR) is 76.8 cm³/mol. The van der Waals surface area contributed by atoms with E-state index in [9.17, 15) is 9.36 Å². The van der Waals surface area contributed by atoms with Gasteiger partial charge in [0.1, 0.15) is 11.4 Å². The average molecular weight is 307 g/mol. The van der Waals surface area contributed by atoms with E-state index in [1.165, 1.54) is 4.90 Å². The predicted octanol–water partition coefficient (Wildman–Crippen LogP) is 3.61. The summed E-state index contributed by atoms with van der Waals surface area (Å²) in [6.45, 7) is 10.0. The Morgan fingerprint density at radius 3 is 2.25 bits per heavy atom. The van der Waals surface area contributed by atoms with Crippen LogP contribution in [0, 0.1) is 0 Å². The van der Waals surface area contributed by atoms with Crippen LogP contribution in [0.5, 0.6) is 0 Å². The Bertz CT molecular complexity index is 369. The van der Waals surface area contributed by atoms with E-state index in [1.54, 1.807) is 34.6 Å². The SMILES string of the molecule is CCOP(=O)(OCC)C1CCCN1C(=O)OC(C)(C)C. The highest BCUT2D eigenvalue weighted by Gasteiger charge is 2.45. The van der Waals surface area contributed by atoms with E-state index in [0.717, 1.165) is 6.42 Å². The molecule has 7 heteroatoms. The molecule has 0 bridgehead atoms. The summed E-state index contributed by atoms with van der Waals surface area (Å²) in [7, 11) is -3.32. The molecule has 1 amide bonds. The highest BCUT2D eigenvalue weighted by Crippen LogP contribution is 2.57. The monoisotopic (exact) mass is 307 g/mol. The summed E-state index contributed by atoms with van der Waals surface area (Å²) in [5, 5.41) is 0. The maximum Gasteiger partial charge on any atom is 0.411 e. The zero-order chi connectivity index (χ0) is 15.4. The Balaban J connectivity index is 2.87. The number of nitrogens with zero attached hydrogens (tertiary/aromatic N) is 1. The minimum atomic E-state index is -3.32. The van der Waals surface area contributed by atoms with Gasteiger partial charge in [0, 0.05) is 6.54 Å². The van der Waals surface area contributed by atoms with Gasteiger partial charge in [-0.15, -0.1) is 0 Å². The molecule has 0 aromatic heterocycles. The molecule has 20 heavy (non-hydrogen) atoms. The van der Waals surface area contributed by atoms with Crippen LogP contribution in [-0.4, -0.2) is 42.1 Å². The van der Waals surface area contributed by atoms with E-state index < -0.39 is 25.1 Å². The van der Waals surface area contributed by atoms with E-state index in [1.807, 2.05) is 0 Å². The number of hydrogen-bond acceptors (Lipinski definition) is 5. The zero-order valence-corrected chi connectivity index (χ0v) is 13.9. The van der Waals surface area contributed by atoms with Crippen LogP contribution >= 0.6 is 7.60 Å². The molecular formula is C13H26NO5P. The van der Waals surface area contributed by atoms with E-state index in [2.05, 4.69) is 0 Å². The Hall–Kier alpha value is -0.580. The molecule has 1 aliphatic rings. The normalized spacial score (nSPS) is 20.2. The van der Waals surface area contributed by atoms with E-state index in [4.69, 9.17) is 13.8 Å². The molecule has 1 fully saturated rings. The lowest BCUT2D eigenvalue weighted by molar-refractivity contribution is 0.0247. The van der Waals surface area contributed by atoms with Crippen LogP contribution in [0.25, 0.3) is 0 Å². The van der Waals surface area contributed by atoms with Crippen molar-refractivity contribution in [2.24, 2.45) is 0 Å². The maximum absolute atomic E-state index is 12.8. The second-order valence-electron chi connectivity index (χ2n) is 5.67. The molecule has 1 saturated heterocycles. The molecule has 1 atom stereocenters. The molecule has 0 saturated carbocycles. The first-order valence-electron chi connectivity index (χ1n) is 7.12. The molecule has 1 aliphatic heterocycles. The minimum absolute atomic E-state index is 0.288. The summed E-state index contributed by atoms with van der Waals surface area (Å²) in [4.78, 5) is 13.7. The molecule has 1 rings (SSSR count). The van der Waals surface area contributed by atoms with Gasteiger partial charge in [0.15, 0.2) is 0 Å². The summed E-state index contributed by atoms with van der Waals surface area (Å²) >= 11 is 0. The summed E-state index contributed by atoms with van der Waals surface area (Å²) in [5.41, 5.74) is -0.578. The first-order valence-corrected chi connectivity index (χ1v) is 8.73. The van der Waals surface area contributed by atoms with Crippen molar-refractivity contribution in [3.8, 4) is 0 Å². The lowest BCUT2D eigenvalue weighted by Crippen LogP contribution is -2.40. The third kappa shape index (κ3) is 4.47. The molecule has 0 spiro atoms. The Morgan fingerprint density at radius 1 is 1.25 bits per heavy atom. The topological polar surface area (TPSA) is 65.1 Å². The van der Waals surface area contributed by atoms with Crippen molar-refractivity contribution in [1.29, 1.82) is 0 Å². The number of carbonyl (C=O) groups is 1. The van der Waals surface area contributed by atoms with Crippen LogP contribution in [0.4, 0.5) is 4.79 Å².